The van der Waals surface area contributed by atoms with E-state index >= 15 is 0 Å². The van der Waals surface area contributed by atoms with E-state index in [0.717, 1.165) is 36.8 Å². The summed E-state index contributed by atoms with van der Waals surface area (Å²) in [4.78, 5) is 23.0. The lowest BCUT2D eigenvalue weighted by Gasteiger charge is -2.45. The van der Waals surface area contributed by atoms with E-state index in [1.807, 2.05) is 20.8 Å². The second-order valence-electron chi connectivity index (χ2n) is 8.01. The van der Waals surface area contributed by atoms with Crippen molar-refractivity contribution in [2.75, 3.05) is 31.3 Å². The van der Waals surface area contributed by atoms with Gasteiger partial charge in [-0.1, -0.05) is 36.4 Å². The highest BCUT2D eigenvalue weighted by Crippen LogP contribution is 2.50. The van der Waals surface area contributed by atoms with Crippen LogP contribution in [-0.4, -0.2) is 50.4 Å². The maximum absolute atomic E-state index is 11.5. The summed E-state index contributed by atoms with van der Waals surface area (Å²) >= 11 is 2.87. The number of carbonyl (C=O) groups excluding carboxylic acids is 2. The number of hydrogen-bond donors (Lipinski definition) is 0. The van der Waals surface area contributed by atoms with Crippen molar-refractivity contribution in [3.05, 3.63) is 0 Å². The molecule has 0 amide bonds. The first-order valence-corrected chi connectivity index (χ1v) is 15.4. The first-order chi connectivity index (χ1) is 14.3. The molecular formula is C22H42O5S2Si. The molecule has 1 saturated carbocycles. The second-order valence-corrected chi connectivity index (χ2v) is 13.3. The van der Waals surface area contributed by atoms with E-state index in [0.29, 0.717) is 25.7 Å². The molecule has 8 heteroatoms. The van der Waals surface area contributed by atoms with Gasteiger partial charge in [0.2, 0.25) is 0 Å². The van der Waals surface area contributed by atoms with E-state index in [1.54, 1.807) is 13.8 Å². The molecule has 0 aromatic heterocycles. The van der Waals surface area contributed by atoms with Crippen LogP contribution in [0.15, 0.2) is 0 Å². The fourth-order valence-electron chi connectivity index (χ4n) is 4.76. The molecule has 1 aliphatic carbocycles. The zero-order valence-electron chi connectivity index (χ0n) is 19.6. The summed E-state index contributed by atoms with van der Waals surface area (Å²) in [5, 5.41) is 0.372. The van der Waals surface area contributed by atoms with Crippen LogP contribution in [0.25, 0.3) is 0 Å². The van der Waals surface area contributed by atoms with Crippen LogP contribution in [0.1, 0.15) is 79.6 Å². The molecule has 0 N–H and O–H groups in total. The van der Waals surface area contributed by atoms with E-state index < -0.39 is 8.80 Å². The lowest BCUT2D eigenvalue weighted by Crippen LogP contribution is -2.47. The zero-order valence-corrected chi connectivity index (χ0v) is 22.3. The predicted octanol–water partition coefficient (Wildman–Crippen LogP) is 5.94. The SMILES string of the molecule is CCO[Si](CCC1CCCCC1(CCSC(C)=O)CCSC(C)=O)(OCC)OCC. The number of thioether (sulfide) groups is 2. The van der Waals surface area contributed by atoms with Crippen LogP contribution in [0.5, 0.6) is 0 Å². The topological polar surface area (TPSA) is 61.8 Å². The maximum atomic E-state index is 11.5. The van der Waals surface area contributed by atoms with Crippen molar-refractivity contribution < 1.29 is 22.9 Å². The van der Waals surface area contributed by atoms with Gasteiger partial charge in [-0.2, -0.15) is 0 Å². The van der Waals surface area contributed by atoms with Crippen molar-refractivity contribution in [2.24, 2.45) is 11.3 Å². The summed E-state index contributed by atoms with van der Waals surface area (Å²) in [5.41, 5.74) is 0.188. The average Bonchev–Trinajstić information content (AvgIpc) is 2.67. The molecule has 0 aliphatic heterocycles. The normalized spacial score (nSPS) is 19.0. The minimum Gasteiger partial charge on any atom is -0.374 e. The molecule has 0 aromatic rings. The minimum absolute atomic E-state index is 0.186. The van der Waals surface area contributed by atoms with Crippen LogP contribution in [0, 0.1) is 11.3 Å². The van der Waals surface area contributed by atoms with Gasteiger partial charge in [-0.15, -0.1) is 0 Å². The van der Waals surface area contributed by atoms with Crippen molar-refractivity contribution >= 4 is 42.6 Å². The van der Waals surface area contributed by atoms with E-state index in [-0.39, 0.29) is 15.6 Å². The molecule has 0 spiro atoms. The Hall–Kier alpha value is 0.137. The standard InChI is InChI=1S/C22H42O5S2Si/c1-6-25-30(26-7-2,27-8-3)18-12-21-11-9-10-13-22(21,14-16-28-19(4)23)15-17-29-20(5)24/h21H,6-18H2,1-5H3. The highest BCUT2D eigenvalue weighted by molar-refractivity contribution is 8.13. The van der Waals surface area contributed by atoms with Gasteiger partial charge in [-0.05, 0) is 64.2 Å². The highest BCUT2D eigenvalue weighted by atomic mass is 32.2. The van der Waals surface area contributed by atoms with Gasteiger partial charge >= 0.3 is 8.80 Å². The summed E-state index contributed by atoms with van der Waals surface area (Å²) in [6, 6.07) is 0.842. The van der Waals surface area contributed by atoms with Crippen LogP contribution in [0.4, 0.5) is 0 Å². The summed E-state index contributed by atoms with van der Waals surface area (Å²) in [6.07, 6.45) is 7.96. The van der Waals surface area contributed by atoms with Crippen LogP contribution in [-0.2, 0) is 22.9 Å². The second kappa shape index (κ2) is 15.1. The van der Waals surface area contributed by atoms with Crippen LogP contribution in [0.2, 0.25) is 6.04 Å². The summed E-state index contributed by atoms with van der Waals surface area (Å²) < 4.78 is 18.3. The Balaban J connectivity index is 2.96. The monoisotopic (exact) mass is 478 g/mol. The third-order valence-electron chi connectivity index (χ3n) is 6.05. The molecule has 1 unspecified atom stereocenters. The van der Waals surface area contributed by atoms with E-state index in [4.69, 9.17) is 13.3 Å². The van der Waals surface area contributed by atoms with Gasteiger partial charge < -0.3 is 13.3 Å². The lowest BCUT2D eigenvalue weighted by molar-refractivity contribution is -0.109. The molecule has 5 nitrogen and oxygen atoms in total. The Morgan fingerprint density at radius 3 is 1.83 bits per heavy atom. The third-order valence-corrected chi connectivity index (χ3v) is 10.8. The average molecular weight is 479 g/mol. The Morgan fingerprint density at radius 2 is 1.40 bits per heavy atom. The molecular weight excluding hydrogens is 436 g/mol. The van der Waals surface area contributed by atoms with E-state index in [2.05, 4.69) is 0 Å². The van der Waals surface area contributed by atoms with Crippen LogP contribution in [0.3, 0.4) is 0 Å². The molecule has 1 atom stereocenters. The van der Waals surface area contributed by atoms with Gasteiger partial charge in [0.1, 0.15) is 0 Å². The van der Waals surface area contributed by atoms with Gasteiger partial charge in [0.25, 0.3) is 0 Å². The minimum atomic E-state index is -2.66. The molecule has 30 heavy (non-hydrogen) atoms. The Kier molecular flexibility index (Phi) is 14.1. The van der Waals surface area contributed by atoms with Gasteiger partial charge in [-0.25, -0.2) is 0 Å². The largest absolute Gasteiger partial charge is 0.500 e. The first kappa shape index (κ1) is 28.2. The first-order valence-electron chi connectivity index (χ1n) is 11.5. The number of hydrogen-bond acceptors (Lipinski definition) is 7. The fraction of sp³-hybridized carbons (Fsp3) is 0.909. The molecule has 176 valence electrons. The van der Waals surface area contributed by atoms with Gasteiger partial charge in [-0.3, -0.25) is 9.59 Å². The maximum Gasteiger partial charge on any atom is 0.500 e. The van der Waals surface area contributed by atoms with Crippen LogP contribution >= 0.6 is 23.5 Å². The quantitative estimate of drug-likeness (QED) is 0.270. The van der Waals surface area contributed by atoms with Gasteiger partial charge in [0.05, 0.1) is 0 Å². The predicted molar refractivity (Wildman–Crippen MR) is 130 cm³/mol. The Labute approximate surface area is 193 Å². The highest BCUT2D eigenvalue weighted by Gasteiger charge is 2.45. The van der Waals surface area contributed by atoms with E-state index in [1.165, 1.54) is 49.2 Å². The van der Waals surface area contributed by atoms with Crippen molar-refractivity contribution in [1.82, 2.24) is 0 Å². The van der Waals surface area contributed by atoms with Crippen molar-refractivity contribution in [2.45, 2.75) is 85.6 Å². The van der Waals surface area contributed by atoms with Crippen molar-refractivity contribution in [1.29, 1.82) is 0 Å². The summed E-state index contributed by atoms with van der Waals surface area (Å²) in [7, 11) is -2.66. The van der Waals surface area contributed by atoms with Gasteiger partial charge in [0.15, 0.2) is 10.2 Å². The third kappa shape index (κ3) is 9.73. The Morgan fingerprint density at radius 1 is 0.900 bits per heavy atom. The molecule has 0 saturated heterocycles. The number of carbonyl (C=O) groups is 2. The van der Waals surface area contributed by atoms with Crippen molar-refractivity contribution in [3.8, 4) is 0 Å². The molecule has 0 aromatic carbocycles. The Bertz CT molecular complexity index is 481. The van der Waals surface area contributed by atoms with Crippen molar-refractivity contribution in [3.63, 3.8) is 0 Å². The molecule has 0 bridgehead atoms. The fourth-order valence-corrected chi connectivity index (χ4v) is 9.06. The molecule has 0 radical (unpaired) electrons. The lowest BCUT2D eigenvalue weighted by atomic mass is 9.62. The van der Waals surface area contributed by atoms with Crippen LogP contribution < -0.4 is 0 Å². The molecule has 0 heterocycles. The summed E-state index contributed by atoms with van der Waals surface area (Å²) in [5.74, 6) is 2.28. The smallest absolute Gasteiger partial charge is 0.374 e. The van der Waals surface area contributed by atoms with E-state index in [9.17, 15) is 9.59 Å². The zero-order chi connectivity index (χ0) is 22.5. The molecule has 1 fully saturated rings. The number of rotatable bonds is 15. The van der Waals surface area contributed by atoms with Gasteiger partial charge in [0, 0.05) is 51.2 Å². The molecule has 1 rings (SSSR count). The summed E-state index contributed by atoms with van der Waals surface area (Å²) in [6.45, 7) is 11.1. The molecule has 1 aliphatic rings.